The highest BCUT2D eigenvalue weighted by Crippen LogP contribution is 2.26. The average molecular weight is 434 g/mol. The Kier molecular flexibility index (Phi) is 6.26. The molecule has 1 aromatic heterocycles. The second-order valence-corrected chi connectivity index (χ2v) is 9.45. The van der Waals surface area contributed by atoms with E-state index in [1.807, 2.05) is 6.07 Å². The molecule has 1 saturated carbocycles. The molecule has 1 N–H and O–H groups in total. The van der Waals surface area contributed by atoms with E-state index in [1.165, 1.54) is 35.5 Å². The Morgan fingerprint density at radius 2 is 1.72 bits per heavy atom. The Morgan fingerprint density at radius 1 is 0.938 bits per heavy atom. The van der Waals surface area contributed by atoms with E-state index in [0.717, 1.165) is 50.9 Å². The van der Waals surface area contributed by atoms with Crippen molar-refractivity contribution < 1.29 is 9.18 Å². The van der Waals surface area contributed by atoms with Crippen LogP contribution in [0.2, 0.25) is 0 Å². The molecular formula is C27H32FN3O. The van der Waals surface area contributed by atoms with Crippen molar-refractivity contribution in [1.29, 1.82) is 0 Å². The van der Waals surface area contributed by atoms with Crippen molar-refractivity contribution in [3.8, 4) is 0 Å². The van der Waals surface area contributed by atoms with Crippen LogP contribution < -0.4 is 5.32 Å². The minimum Gasteiger partial charge on any atom is -0.353 e. The Morgan fingerprint density at radius 3 is 2.50 bits per heavy atom. The first-order chi connectivity index (χ1) is 15.7. The normalized spacial score (nSPS) is 18.4. The van der Waals surface area contributed by atoms with Gasteiger partial charge >= 0.3 is 0 Å². The van der Waals surface area contributed by atoms with Crippen LogP contribution in [0, 0.1) is 11.7 Å². The van der Waals surface area contributed by atoms with Crippen molar-refractivity contribution in [2.24, 2.45) is 5.92 Å². The summed E-state index contributed by atoms with van der Waals surface area (Å²) in [5.74, 6) is 0.209. The fourth-order valence-electron chi connectivity index (χ4n) is 5.37. The maximum absolute atomic E-state index is 13.8. The molecule has 2 heterocycles. The maximum atomic E-state index is 13.8. The second kappa shape index (κ2) is 9.45. The number of fused-ring (bicyclic) bond motifs is 1. The largest absolute Gasteiger partial charge is 0.353 e. The second-order valence-electron chi connectivity index (χ2n) is 9.45. The number of rotatable bonds is 6. The van der Waals surface area contributed by atoms with Crippen molar-refractivity contribution in [3.63, 3.8) is 0 Å². The molecule has 5 heteroatoms. The fourth-order valence-corrected chi connectivity index (χ4v) is 5.37. The Bertz CT molecular complexity index is 1080. The van der Waals surface area contributed by atoms with Crippen LogP contribution in [0.1, 0.15) is 49.8 Å². The number of halogens is 1. The van der Waals surface area contributed by atoms with Gasteiger partial charge in [-0.1, -0.05) is 43.2 Å². The van der Waals surface area contributed by atoms with Crippen molar-refractivity contribution in [2.45, 2.75) is 57.7 Å². The summed E-state index contributed by atoms with van der Waals surface area (Å²) in [6, 6.07) is 17.9. The quantitative estimate of drug-likeness (QED) is 0.587. The summed E-state index contributed by atoms with van der Waals surface area (Å²) in [6.45, 7) is 3.37. The summed E-state index contributed by atoms with van der Waals surface area (Å²) < 4.78 is 16.1. The predicted octanol–water partition coefficient (Wildman–Crippen LogP) is 5.10. The molecule has 0 radical (unpaired) electrons. The summed E-state index contributed by atoms with van der Waals surface area (Å²) in [4.78, 5) is 15.1. The van der Waals surface area contributed by atoms with Gasteiger partial charge in [-0.2, -0.15) is 0 Å². The lowest BCUT2D eigenvalue weighted by Gasteiger charge is -2.32. The molecule has 2 fully saturated rings. The molecule has 168 valence electrons. The van der Waals surface area contributed by atoms with Gasteiger partial charge in [0.1, 0.15) is 5.82 Å². The molecule has 1 saturated heterocycles. The number of para-hydroxylation sites is 1. The van der Waals surface area contributed by atoms with Gasteiger partial charge in [0.25, 0.3) is 0 Å². The molecule has 5 rings (SSSR count). The molecule has 32 heavy (non-hydrogen) atoms. The van der Waals surface area contributed by atoms with Crippen molar-refractivity contribution in [1.82, 2.24) is 14.8 Å². The number of hydrogen-bond acceptors (Lipinski definition) is 2. The van der Waals surface area contributed by atoms with Crippen LogP contribution in [0.3, 0.4) is 0 Å². The monoisotopic (exact) mass is 433 g/mol. The third-order valence-corrected chi connectivity index (χ3v) is 7.17. The van der Waals surface area contributed by atoms with Crippen molar-refractivity contribution in [2.75, 3.05) is 13.1 Å². The molecular weight excluding hydrogens is 401 g/mol. The van der Waals surface area contributed by atoms with Gasteiger partial charge in [0.15, 0.2) is 0 Å². The molecule has 1 amide bonds. The number of nitrogens with one attached hydrogen (secondary N) is 1. The van der Waals surface area contributed by atoms with E-state index in [9.17, 15) is 9.18 Å². The van der Waals surface area contributed by atoms with Crippen LogP contribution in [-0.4, -0.2) is 34.5 Å². The van der Waals surface area contributed by atoms with E-state index in [1.54, 1.807) is 12.1 Å². The number of carbonyl (C=O) groups excluding carboxylic acids is 1. The molecule has 2 aromatic carbocycles. The molecule has 0 unspecified atom stereocenters. The molecule has 3 aromatic rings. The lowest BCUT2D eigenvalue weighted by molar-refractivity contribution is -0.127. The molecule has 0 spiro atoms. The van der Waals surface area contributed by atoms with Gasteiger partial charge in [-0.05, 0) is 74.0 Å². The minimum absolute atomic E-state index is 0.144. The highest BCUT2D eigenvalue weighted by Gasteiger charge is 2.28. The first-order valence-corrected chi connectivity index (χ1v) is 12.0. The van der Waals surface area contributed by atoms with E-state index in [4.69, 9.17) is 0 Å². The van der Waals surface area contributed by atoms with Crippen LogP contribution >= 0.6 is 0 Å². The summed E-state index contributed by atoms with van der Waals surface area (Å²) in [6.07, 6.45) is 6.60. The lowest BCUT2D eigenvalue weighted by atomic mass is 9.95. The first kappa shape index (κ1) is 21.2. The Hall–Kier alpha value is -2.66. The molecule has 2 aliphatic rings. The minimum atomic E-state index is -0.196. The molecule has 1 aliphatic carbocycles. The SMILES string of the molecule is O=C(NC1CCCC1)C1CCN(Cc2cc3ccccc3n2Cc2cccc(F)c2)CC1. The number of nitrogens with zero attached hydrogens (tertiary/aromatic N) is 2. The summed E-state index contributed by atoms with van der Waals surface area (Å²) >= 11 is 0. The van der Waals surface area contributed by atoms with Gasteiger partial charge in [-0.15, -0.1) is 0 Å². The number of aromatic nitrogens is 1. The highest BCUT2D eigenvalue weighted by atomic mass is 19.1. The predicted molar refractivity (Wildman–Crippen MR) is 126 cm³/mol. The zero-order valence-corrected chi connectivity index (χ0v) is 18.6. The number of carbonyl (C=O) groups is 1. The number of amides is 1. The van der Waals surface area contributed by atoms with Crippen LogP contribution in [0.25, 0.3) is 10.9 Å². The van der Waals surface area contributed by atoms with Gasteiger partial charge in [-0.25, -0.2) is 4.39 Å². The Labute approximate surface area is 189 Å². The van der Waals surface area contributed by atoms with E-state index < -0.39 is 0 Å². The lowest BCUT2D eigenvalue weighted by Crippen LogP contribution is -2.43. The number of piperidine rings is 1. The van der Waals surface area contributed by atoms with Gasteiger partial charge in [0.05, 0.1) is 0 Å². The third kappa shape index (κ3) is 4.73. The molecule has 0 atom stereocenters. The third-order valence-electron chi connectivity index (χ3n) is 7.17. The zero-order valence-electron chi connectivity index (χ0n) is 18.6. The van der Waals surface area contributed by atoms with Crippen LogP contribution in [0.15, 0.2) is 54.6 Å². The van der Waals surface area contributed by atoms with Gasteiger partial charge in [0, 0.05) is 36.3 Å². The Balaban J connectivity index is 1.27. The van der Waals surface area contributed by atoms with E-state index in [2.05, 4.69) is 45.1 Å². The van der Waals surface area contributed by atoms with Crippen LogP contribution in [0.5, 0.6) is 0 Å². The van der Waals surface area contributed by atoms with Crippen LogP contribution in [-0.2, 0) is 17.9 Å². The first-order valence-electron chi connectivity index (χ1n) is 12.0. The summed E-state index contributed by atoms with van der Waals surface area (Å²) in [5, 5.41) is 4.49. The highest BCUT2D eigenvalue weighted by molar-refractivity contribution is 5.81. The van der Waals surface area contributed by atoms with Gasteiger partial charge < -0.3 is 9.88 Å². The molecule has 4 nitrogen and oxygen atoms in total. The smallest absolute Gasteiger partial charge is 0.223 e. The number of likely N-dealkylation sites (tertiary alicyclic amines) is 1. The van der Waals surface area contributed by atoms with Crippen LogP contribution in [0.4, 0.5) is 4.39 Å². The van der Waals surface area contributed by atoms with E-state index >= 15 is 0 Å². The number of hydrogen-bond donors (Lipinski definition) is 1. The van der Waals surface area contributed by atoms with Crippen molar-refractivity contribution in [3.05, 3.63) is 71.7 Å². The molecule has 0 bridgehead atoms. The maximum Gasteiger partial charge on any atom is 0.223 e. The zero-order chi connectivity index (χ0) is 21.9. The fraction of sp³-hybridized carbons (Fsp3) is 0.444. The van der Waals surface area contributed by atoms with E-state index in [0.29, 0.717) is 12.6 Å². The molecule has 1 aliphatic heterocycles. The van der Waals surface area contributed by atoms with Gasteiger partial charge in [-0.3, -0.25) is 9.69 Å². The average Bonchev–Trinajstić information content (AvgIpc) is 3.43. The van der Waals surface area contributed by atoms with Crippen molar-refractivity contribution >= 4 is 16.8 Å². The number of benzene rings is 2. The van der Waals surface area contributed by atoms with Gasteiger partial charge in [0.2, 0.25) is 5.91 Å². The standard InChI is InChI=1S/C27H32FN3O/c28-23-8-5-6-20(16-23)18-31-25(17-22-7-1-4-11-26(22)31)19-30-14-12-21(13-15-30)27(32)29-24-9-2-3-10-24/h1,4-8,11,16-17,21,24H,2-3,9-10,12-15,18-19H2,(H,29,32). The topological polar surface area (TPSA) is 37.3 Å². The van der Waals surface area contributed by atoms with E-state index in [-0.39, 0.29) is 17.6 Å². The summed E-state index contributed by atoms with van der Waals surface area (Å²) in [7, 11) is 0. The summed E-state index contributed by atoms with van der Waals surface area (Å²) in [5.41, 5.74) is 3.39.